The minimum absolute atomic E-state index is 0.159. The highest BCUT2D eigenvalue weighted by Crippen LogP contribution is 2.33. The molecule has 38 heavy (non-hydrogen) atoms. The van der Waals surface area contributed by atoms with Crippen LogP contribution in [0.4, 0.5) is 0 Å². The Hall–Kier alpha value is -4.92. The van der Waals surface area contributed by atoms with E-state index in [4.69, 9.17) is 29.2 Å². The molecule has 0 bridgehead atoms. The summed E-state index contributed by atoms with van der Waals surface area (Å²) in [5.74, 6) is 2.76. The van der Waals surface area contributed by atoms with Crippen molar-refractivity contribution in [3.63, 3.8) is 0 Å². The zero-order chi connectivity index (χ0) is 25.8. The van der Waals surface area contributed by atoms with Gasteiger partial charge in [0.1, 0.15) is 22.5 Å². The predicted molar refractivity (Wildman–Crippen MR) is 143 cm³/mol. The maximum atomic E-state index is 14.1. The number of fused-ring (bicyclic) bond motifs is 5. The summed E-state index contributed by atoms with van der Waals surface area (Å²) < 4.78 is 19.9. The Balaban J connectivity index is 1.44. The van der Waals surface area contributed by atoms with Gasteiger partial charge in [0, 0.05) is 0 Å². The Morgan fingerprint density at radius 2 is 1.53 bits per heavy atom. The van der Waals surface area contributed by atoms with Crippen LogP contribution in [0, 0.1) is 6.92 Å². The first-order chi connectivity index (χ1) is 18.6. The maximum Gasteiger partial charge on any atom is 0.265 e. The van der Waals surface area contributed by atoms with Crippen molar-refractivity contribution < 1.29 is 14.2 Å². The molecular formula is C29H23N5O4. The van der Waals surface area contributed by atoms with Gasteiger partial charge in [0.25, 0.3) is 5.56 Å². The summed E-state index contributed by atoms with van der Waals surface area (Å²) in [7, 11) is 1.64. The van der Waals surface area contributed by atoms with Crippen LogP contribution < -0.4 is 19.8 Å². The normalized spacial score (nSPS) is 12.6. The maximum absolute atomic E-state index is 14.1. The molecule has 9 nitrogen and oxygen atoms in total. The van der Waals surface area contributed by atoms with E-state index in [2.05, 4.69) is 0 Å². The number of para-hydroxylation sites is 2. The van der Waals surface area contributed by atoms with Crippen LogP contribution in [-0.4, -0.2) is 38.0 Å². The smallest absolute Gasteiger partial charge is 0.265 e. The molecule has 0 N–H and O–H groups in total. The number of hydrogen-bond donors (Lipinski definition) is 0. The third-order valence-corrected chi connectivity index (χ3v) is 6.92. The number of methoxy groups -OCH3 is 1. The molecule has 0 saturated carbocycles. The molecule has 3 aromatic heterocycles. The molecule has 4 heterocycles. The van der Waals surface area contributed by atoms with E-state index in [0.29, 0.717) is 52.6 Å². The highest BCUT2D eigenvalue weighted by Gasteiger charge is 2.22. The molecular weight excluding hydrogens is 482 g/mol. The summed E-state index contributed by atoms with van der Waals surface area (Å²) in [4.78, 5) is 28.8. The van der Waals surface area contributed by atoms with Crippen molar-refractivity contribution >= 4 is 33.2 Å². The lowest BCUT2D eigenvalue weighted by molar-refractivity contribution is 0.174. The predicted octanol–water partition coefficient (Wildman–Crippen LogP) is 4.44. The van der Waals surface area contributed by atoms with Crippen molar-refractivity contribution in [3.8, 4) is 17.2 Å². The Labute approximate surface area is 216 Å². The van der Waals surface area contributed by atoms with Gasteiger partial charge >= 0.3 is 0 Å². The molecule has 0 fully saturated rings. The van der Waals surface area contributed by atoms with E-state index >= 15 is 0 Å². The molecule has 0 aliphatic carbocycles. The number of rotatable bonds is 5. The van der Waals surface area contributed by atoms with Gasteiger partial charge in [-0.15, -0.1) is 0 Å². The number of benzene rings is 3. The van der Waals surface area contributed by atoms with Gasteiger partial charge in [0.2, 0.25) is 6.79 Å². The summed E-state index contributed by atoms with van der Waals surface area (Å²) in [6, 6.07) is 21.2. The number of hydrogen-bond acceptors (Lipinski definition) is 7. The summed E-state index contributed by atoms with van der Waals surface area (Å²) in [5.41, 5.74) is 5.01. The van der Waals surface area contributed by atoms with Crippen LogP contribution in [0.3, 0.4) is 0 Å². The number of aryl methyl sites for hydroxylation is 1. The van der Waals surface area contributed by atoms with Crippen molar-refractivity contribution in [2.45, 2.75) is 20.0 Å². The van der Waals surface area contributed by atoms with Crippen LogP contribution >= 0.6 is 0 Å². The summed E-state index contributed by atoms with van der Waals surface area (Å²) in [5, 5.41) is 0.457. The molecule has 188 valence electrons. The van der Waals surface area contributed by atoms with Crippen molar-refractivity contribution in [1.82, 2.24) is 24.1 Å². The van der Waals surface area contributed by atoms with E-state index in [1.165, 1.54) is 0 Å². The van der Waals surface area contributed by atoms with Crippen LogP contribution in [0.15, 0.2) is 71.5 Å². The van der Waals surface area contributed by atoms with Gasteiger partial charge in [-0.05, 0) is 54.4 Å². The van der Waals surface area contributed by atoms with Crippen LogP contribution in [-0.2, 0) is 13.1 Å². The number of aromatic nitrogens is 5. The molecule has 7 rings (SSSR count). The van der Waals surface area contributed by atoms with Crippen molar-refractivity contribution in [3.05, 3.63) is 94.0 Å². The standard InChI is InChI=1S/C29H23N5O4/c1-17-30-27-25(29(35)33(17)15-19-9-12-23-24(13-19)38-16-37-23)26-28(32-22-6-4-3-5-21(22)31-26)34(27)14-18-7-10-20(36-2)11-8-18/h3-13H,14-16H2,1-2H3. The largest absolute Gasteiger partial charge is 0.497 e. The first kappa shape index (κ1) is 22.3. The third-order valence-electron chi connectivity index (χ3n) is 6.92. The van der Waals surface area contributed by atoms with E-state index in [1.807, 2.05) is 78.2 Å². The Bertz CT molecular complexity index is 1920. The average Bonchev–Trinajstić information content (AvgIpc) is 3.52. The third kappa shape index (κ3) is 3.54. The number of nitrogens with zero attached hydrogens (tertiary/aromatic N) is 5. The van der Waals surface area contributed by atoms with Crippen molar-refractivity contribution in [1.29, 1.82) is 0 Å². The van der Waals surface area contributed by atoms with Gasteiger partial charge in [-0.1, -0.05) is 30.3 Å². The van der Waals surface area contributed by atoms with E-state index in [0.717, 1.165) is 27.9 Å². The van der Waals surface area contributed by atoms with Crippen molar-refractivity contribution in [2.75, 3.05) is 13.9 Å². The molecule has 0 spiro atoms. The van der Waals surface area contributed by atoms with Gasteiger partial charge in [-0.2, -0.15) is 0 Å². The van der Waals surface area contributed by atoms with Crippen LogP contribution in [0.5, 0.6) is 17.2 Å². The molecule has 0 radical (unpaired) electrons. The minimum atomic E-state index is -0.159. The fraction of sp³-hybridized carbons (Fsp3) is 0.172. The first-order valence-electron chi connectivity index (χ1n) is 12.3. The molecule has 0 saturated heterocycles. The van der Waals surface area contributed by atoms with E-state index < -0.39 is 0 Å². The first-order valence-corrected chi connectivity index (χ1v) is 12.3. The Morgan fingerprint density at radius 1 is 0.816 bits per heavy atom. The van der Waals surface area contributed by atoms with Crippen LogP contribution in [0.1, 0.15) is 17.0 Å². The van der Waals surface area contributed by atoms with E-state index in [9.17, 15) is 4.79 Å². The van der Waals surface area contributed by atoms with Gasteiger partial charge in [0.05, 0.1) is 31.2 Å². The van der Waals surface area contributed by atoms with E-state index in [1.54, 1.807) is 11.7 Å². The molecule has 9 heteroatoms. The molecule has 0 unspecified atom stereocenters. The Kier molecular flexibility index (Phi) is 5.04. The highest BCUT2D eigenvalue weighted by molar-refractivity contribution is 6.04. The highest BCUT2D eigenvalue weighted by atomic mass is 16.7. The van der Waals surface area contributed by atoms with E-state index in [-0.39, 0.29) is 12.4 Å². The van der Waals surface area contributed by atoms with Gasteiger partial charge in [-0.3, -0.25) is 9.36 Å². The zero-order valence-electron chi connectivity index (χ0n) is 20.8. The fourth-order valence-corrected chi connectivity index (χ4v) is 4.97. The minimum Gasteiger partial charge on any atom is -0.497 e. The summed E-state index contributed by atoms with van der Waals surface area (Å²) in [6.45, 7) is 2.87. The van der Waals surface area contributed by atoms with Crippen molar-refractivity contribution in [2.24, 2.45) is 0 Å². The van der Waals surface area contributed by atoms with Crippen LogP contribution in [0.2, 0.25) is 0 Å². The molecule has 1 aliphatic heterocycles. The second kappa shape index (κ2) is 8.58. The van der Waals surface area contributed by atoms with Gasteiger partial charge < -0.3 is 18.8 Å². The quantitative estimate of drug-likeness (QED) is 0.342. The molecule has 6 aromatic rings. The number of ether oxygens (including phenoxy) is 3. The zero-order valence-corrected chi connectivity index (χ0v) is 20.8. The van der Waals surface area contributed by atoms with Crippen LogP contribution in [0.25, 0.3) is 33.2 Å². The molecule has 0 atom stereocenters. The molecule has 3 aromatic carbocycles. The molecule has 0 amide bonds. The summed E-state index contributed by atoms with van der Waals surface area (Å²) in [6.07, 6.45) is 0. The lowest BCUT2D eigenvalue weighted by atomic mass is 10.2. The van der Waals surface area contributed by atoms with Gasteiger partial charge in [-0.25, -0.2) is 15.0 Å². The lowest BCUT2D eigenvalue weighted by Crippen LogP contribution is -2.24. The second-order valence-corrected chi connectivity index (χ2v) is 9.26. The SMILES string of the molecule is COc1ccc(Cn2c3nc4ccccc4nc3c3c(=O)n(Cc4ccc5c(c4)OCO5)c(C)nc32)cc1. The Morgan fingerprint density at radius 3 is 2.32 bits per heavy atom. The lowest BCUT2D eigenvalue weighted by Gasteiger charge is -2.12. The average molecular weight is 506 g/mol. The summed E-state index contributed by atoms with van der Waals surface area (Å²) >= 11 is 0. The monoisotopic (exact) mass is 505 g/mol. The topological polar surface area (TPSA) is 93.3 Å². The fourth-order valence-electron chi connectivity index (χ4n) is 4.97. The van der Waals surface area contributed by atoms with Gasteiger partial charge in [0.15, 0.2) is 22.8 Å². The molecule has 1 aliphatic rings. The second-order valence-electron chi connectivity index (χ2n) is 9.26.